The topological polar surface area (TPSA) is 9.23 Å². The molecule has 0 aromatic heterocycles. The van der Waals surface area contributed by atoms with Crippen molar-refractivity contribution in [2.75, 3.05) is 0 Å². The van der Waals surface area contributed by atoms with Gasteiger partial charge in [0.1, 0.15) is 0 Å². The van der Waals surface area contributed by atoms with Gasteiger partial charge in [-0.3, -0.25) is 0 Å². The van der Waals surface area contributed by atoms with Crippen LogP contribution in [0.15, 0.2) is 12.3 Å². The molecule has 1 nitrogen and oxygen atoms in total. The van der Waals surface area contributed by atoms with E-state index in [0.717, 1.165) is 0 Å². The smallest absolute Gasteiger partial charge is 0.178 e. The van der Waals surface area contributed by atoms with Gasteiger partial charge in [-0.25, -0.2) is 0 Å². The molecule has 0 amide bonds. The Kier molecular flexibility index (Phi) is 1.59. The molecule has 28 aromatic rings. The Labute approximate surface area is 339 Å². The molecule has 28 aromatic carbocycles. The van der Waals surface area contributed by atoms with Crippen LogP contribution in [-0.4, -0.2) is 0 Å². The fraction of sp³-hybridized carbons (Fsp3) is 0.0323. The zero-order valence-corrected chi connectivity index (χ0v) is 31.6. The van der Waals surface area contributed by atoms with Crippen LogP contribution in [0.4, 0.5) is 0 Å². The van der Waals surface area contributed by atoms with Gasteiger partial charge in [-0.15, -0.1) is 0 Å². The van der Waals surface area contributed by atoms with Crippen LogP contribution in [0.1, 0.15) is 22.3 Å². The Balaban J connectivity index is 1.31. The molecule has 0 unspecified atom stereocenters. The number of rotatable bonds is 0. The van der Waals surface area contributed by atoms with Gasteiger partial charge >= 0.3 is 0 Å². The second-order valence-electron chi connectivity index (χ2n) is 23.7. The van der Waals surface area contributed by atoms with E-state index in [1.165, 1.54) is 0 Å². The predicted molar refractivity (Wildman–Crippen MR) is 264 cm³/mol. The summed E-state index contributed by atoms with van der Waals surface area (Å²) in [6, 6.07) is 0. The van der Waals surface area contributed by atoms with Gasteiger partial charge in [0.15, 0.2) is 5.60 Å². The summed E-state index contributed by atoms with van der Waals surface area (Å²) in [5.74, 6) is 0. The minimum absolute atomic E-state index is 0.404. The molecule has 5 aliphatic rings. The summed E-state index contributed by atoms with van der Waals surface area (Å²) >= 11 is 0. The van der Waals surface area contributed by atoms with Crippen LogP contribution >= 0.6 is 0 Å². The molecular weight excluding hydrogens is 761 g/mol. The monoisotopic (exact) mass is 762 g/mol. The zero-order valence-electron chi connectivity index (χ0n) is 31.6. The number of benzene rings is 18. The van der Waals surface area contributed by atoms with Crippen molar-refractivity contribution >= 4 is 291 Å². The van der Waals surface area contributed by atoms with Crippen LogP contribution in [0.5, 0.6) is 0 Å². The van der Waals surface area contributed by atoms with E-state index >= 15 is 0 Å². The molecule has 33 rings (SSSR count). The lowest BCUT2D eigenvalue weighted by atomic mass is 9.55. The molecule has 256 valence electrons. The molecule has 0 radical (unpaired) electrons. The van der Waals surface area contributed by atoms with E-state index in [-0.39, 0.29) is 0 Å². The molecule has 0 saturated heterocycles. The van der Waals surface area contributed by atoms with E-state index in [2.05, 4.69) is 12.3 Å². The highest BCUT2D eigenvalue weighted by Crippen LogP contribution is 2.85. The van der Waals surface area contributed by atoms with Gasteiger partial charge in [0.05, 0.1) is 11.7 Å². The highest BCUT2D eigenvalue weighted by molar-refractivity contribution is 6.82. The average Bonchev–Trinajstić information content (AvgIpc) is 4.12. The normalized spacial score (nSPS) is 23.4. The third kappa shape index (κ3) is 1.05. The summed E-state index contributed by atoms with van der Waals surface area (Å²) in [5.41, 5.74) is 5.42. The average molecular weight is 763 g/mol. The molecule has 0 fully saturated rings. The van der Waals surface area contributed by atoms with E-state index in [1.54, 1.807) is 313 Å². The summed E-state index contributed by atoms with van der Waals surface area (Å²) in [6.07, 6.45) is 4.91. The van der Waals surface area contributed by atoms with Gasteiger partial charge in [-0.2, -0.15) is 0 Å². The Morgan fingerprint density at radius 1 is 0.175 bits per heavy atom. The van der Waals surface area contributed by atoms with Gasteiger partial charge in [0.2, 0.25) is 0 Å². The van der Waals surface area contributed by atoms with E-state index in [4.69, 9.17) is 4.74 Å². The van der Waals surface area contributed by atoms with E-state index in [9.17, 15) is 0 Å². The molecule has 0 bridgehead atoms. The molecule has 0 N–H and O–H groups in total. The summed E-state index contributed by atoms with van der Waals surface area (Å²) in [6.45, 7) is 0. The third-order valence-electron chi connectivity index (χ3n) is 23.9. The molecule has 1 heteroatoms. The zero-order chi connectivity index (χ0) is 36.6. The lowest BCUT2D eigenvalue weighted by Gasteiger charge is -2.48. The van der Waals surface area contributed by atoms with Crippen LogP contribution < -0.4 is 0 Å². The van der Waals surface area contributed by atoms with Crippen LogP contribution in [0.25, 0.3) is 291 Å². The molecular formula is C62H2O. The van der Waals surface area contributed by atoms with E-state index in [1.807, 2.05) is 0 Å². The van der Waals surface area contributed by atoms with Crippen molar-refractivity contribution in [1.82, 2.24) is 0 Å². The quantitative estimate of drug-likeness (QED) is 0.140. The van der Waals surface area contributed by atoms with Gasteiger partial charge in [0, 0.05) is 11.1 Å². The molecule has 2 spiro atoms. The van der Waals surface area contributed by atoms with Crippen LogP contribution in [0, 0.1) is 0 Å². The molecule has 1 heterocycles. The molecule has 0 saturated carbocycles. The van der Waals surface area contributed by atoms with Crippen molar-refractivity contribution in [2.24, 2.45) is 0 Å². The Morgan fingerprint density at radius 3 is 0.492 bits per heavy atom. The van der Waals surface area contributed by atoms with Crippen molar-refractivity contribution in [1.29, 1.82) is 0 Å². The van der Waals surface area contributed by atoms with Crippen LogP contribution in [0.3, 0.4) is 0 Å². The van der Waals surface area contributed by atoms with Crippen molar-refractivity contribution in [3.8, 4) is 0 Å². The Morgan fingerprint density at radius 2 is 0.317 bits per heavy atom. The van der Waals surface area contributed by atoms with Crippen molar-refractivity contribution in [3.63, 3.8) is 0 Å². The maximum atomic E-state index is 7.96. The third-order valence-corrected chi connectivity index (χ3v) is 23.9. The summed E-state index contributed by atoms with van der Waals surface area (Å²) in [7, 11) is 0. The van der Waals surface area contributed by atoms with Crippen molar-refractivity contribution in [2.45, 2.75) is 11.0 Å². The summed E-state index contributed by atoms with van der Waals surface area (Å²) < 4.78 is 7.96. The maximum Gasteiger partial charge on any atom is 0.178 e. The second kappa shape index (κ2) is 4.63. The first-order chi connectivity index (χ1) is 31.4. The Bertz CT molecular complexity index is 6790. The number of hydrogen-bond donors (Lipinski definition) is 0. The Hall–Kier alpha value is -8.00. The van der Waals surface area contributed by atoms with Crippen molar-refractivity contribution < 1.29 is 4.74 Å². The SMILES string of the molecule is C1=CC23c4c5c6c7c8c9c(c%10c%11c2c2c4c4c%12c5c5c6c6c8c8c%13c9c9c%10c%10c%11c%11c2c2c4c4c%12c%12c5c5c6c8c6c8c%13c9c9c%10c%10c%11c2c2c4c4c%12c5c6c5c8c9c%10c2c45)C73O1. The molecule has 63 heavy (non-hydrogen) atoms. The lowest BCUT2D eigenvalue weighted by molar-refractivity contribution is 0.0488. The minimum atomic E-state index is -0.613. The van der Waals surface area contributed by atoms with Gasteiger partial charge in [-0.1, -0.05) is 0 Å². The second-order valence-corrected chi connectivity index (χ2v) is 23.7. The van der Waals surface area contributed by atoms with Gasteiger partial charge in [0.25, 0.3) is 0 Å². The fourth-order valence-electron chi connectivity index (χ4n) is 24.0. The molecule has 1 aliphatic heterocycles. The standard InChI is InChI=1S/C62H2O/c1-2-63-62-59-53-47-37-25-17-9-5-3-4-7-11(9)19(25)29-23-15(7)16-8(4)12-10-6(3)14-13(5)21-27(17)35-41-31(21)32-22(14)28-18(10)26-20(12)30-24(16)34-33(23)45(39(29)47)55(59)56-46(34)40(30)48-38(26)44-36(28)42(32)50-49(41)57(51(53)43(35)37)61(1,62)58(50)52(44)54(48)60(56)62/h1-2H. The number of hydrogen-bond acceptors (Lipinski definition) is 1. The maximum absolute atomic E-state index is 7.96. The first-order valence-corrected chi connectivity index (χ1v) is 23.6. The molecule has 4 aliphatic carbocycles. The largest absolute Gasteiger partial charge is 0.484 e. The van der Waals surface area contributed by atoms with Gasteiger partial charge < -0.3 is 4.74 Å². The van der Waals surface area contributed by atoms with Crippen LogP contribution in [0.2, 0.25) is 0 Å². The summed E-state index contributed by atoms with van der Waals surface area (Å²) in [5, 5.41) is 88.4. The highest BCUT2D eigenvalue weighted by Gasteiger charge is 2.72. The predicted octanol–water partition coefficient (Wildman–Crippen LogP) is 16.8. The van der Waals surface area contributed by atoms with Crippen molar-refractivity contribution in [3.05, 3.63) is 34.6 Å². The molecule has 0 atom stereocenters. The van der Waals surface area contributed by atoms with Gasteiger partial charge in [-0.05, 0) is 308 Å². The van der Waals surface area contributed by atoms with E-state index < -0.39 is 11.0 Å². The highest BCUT2D eigenvalue weighted by atomic mass is 16.5. The van der Waals surface area contributed by atoms with Crippen LogP contribution in [-0.2, 0) is 15.8 Å². The summed E-state index contributed by atoms with van der Waals surface area (Å²) in [4.78, 5) is 0. The van der Waals surface area contributed by atoms with E-state index in [0.29, 0.717) is 0 Å². The minimum Gasteiger partial charge on any atom is -0.484 e. The lowest BCUT2D eigenvalue weighted by Crippen LogP contribution is -2.49. The number of ether oxygens (including phenoxy) is 1. The first kappa shape index (κ1) is 21.7. The fourth-order valence-corrected chi connectivity index (χ4v) is 24.0. The first-order valence-electron chi connectivity index (χ1n) is 23.6.